The van der Waals surface area contributed by atoms with Crippen LogP contribution in [0.25, 0.3) is 0 Å². The van der Waals surface area contributed by atoms with Crippen molar-refractivity contribution in [3.63, 3.8) is 0 Å². The van der Waals surface area contributed by atoms with Crippen LogP contribution in [-0.2, 0) is 6.42 Å². The van der Waals surface area contributed by atoms with Crippen molar-refractivity contribution in [2.45, 2.75) is 45.7 Å². The maximum Gasteiger partial charge on any atom is 0.0397 e. The third-order valence-electron chi connectivity index (χ3n) is 4.58. The van der Waals surface area contributed by atoms with E-state index in [0.29, 0.717) is 6.04 Å². The van der Waals surface area contributed by atoms with E-state index in [0.717, 1.165) is 32.5 Å². The number of nitrogens with two attached hydrogens (primary N) is 1. The first-order valence-electron chi connectivity index (χ1n) is 7.81. The van der Waals surface area contributed by atoms with Crippen LogP contribution in [0.2, 0.25) is 0 Å². The molecule has 0 saturated carbocycles. The number of anilines is 1. The summed E-state index contributed by atoms with van der Waals surface area (Å²) in [5.41, 5.74) is 10.2. The smallest absolute Gasteiger partial charge is 0.0397 e. The molecule has 1 heterocycles. The van der Waals surface area contributed by atoms with Crippen molar-refractivity contribution in [2.24, 2.45) is 5.73 Å². The standard InChI is InChI=1S/C17H29N3/c1-5-16(18)11-15-6-7-17(13(2)10-15)20-9-8-19(4)14(3)12-20/h6-7,10,14,16H,5,8-9,11-12,18H2,1-4H3. The van der Waals surface area contributed by atoms with Gasteiger partial charge in [0.15, 0.2) is 0 Å². The zero-order chi connectivity index (χ0) is 14.7. The Morgan fingerprint density at radius 3 is 2.70 bits per heavy atom. The summed E-state index contributed by atoms with van der Waals surface area (Å²) < 4.78 is 0. The van der Waals surface area contributed by atoms with Crippen LogP contribution in [0.4, 0.5) is 5.69 Å². The lowest BCUT2D eigenvalue weighted by atomic mass is 10.0. The van der Waals surface area contributed by atoms with Crippen molar-refractivity contribution in [1.29, 1.82) is 0 Å². The number of nitrogens with zero attached hydrogens (tertiary/aromatic N) is 2. The van der Waals surface area contributed by atoms with Crippen molar-refractivity contribution >= 4 is 5.69 Å². The molecular weight excluding hydrogens is 246 g/mol. The number of hydrogen-bond donors (Lipinski definition) is 1. The van der Waals surface area contributed by atoms with Crippen LogP contribution in [-0.4, -0.2) is 43.7 Å². The summed E-state index contributed by atoms with van der Waals surface area (Å²) in [6.45, 7) is 10.1. The molecule has 0 aliphatic carbocycles. The molecule has 1 aliphatic rings. The lowest BCUT2D eigenvalue weighted by Crippen LogP contribution is -2.50. The summed E-state index contributed by atoms with van der Waals surface area (Å²) in [6.07, 6.45) is 2.02. The first-order chi connectivity index (χ1) is 9.51. The SMILES string of the molecule is CCC(N)Cc1ccc(N2CCN(C)C(C)C2)c(C)c1. The number of benzene rings is 1. The minimum absolute atomic E-state index is 0.281. The van der Waals surface area contributed by atoms with Crippen LogP contribution in [0, 0.1) is 6.92 Å². The summed E-state index contributed by atoms with van der Waals surface area (Å²) in [4.78, 5) is 4.95. The Balaban J connectivity index is 2.09. The number of aryl methyl sites for hydroxylation is 1. The minimum atomic E-state index is 0.281. The highest BCUT2D eigenvalue weighted by atomic mass is 15.3. The predicted octanol–water partition coefficient (Wildman–Crippen LogP) is 2.42. The van der Waals surface area contributed by atoms with E-state index in [9.17, 15) is 0 Å². The van der Waals surface area contributed by atoms with Crippen molar-refractivity contribution < 1.29 is 0 Å². The first kappa shape index (κ1) is 15.3. The highest BCUT2D eigenvalue weighted by Gasteiger charge is 2.21. The molecule has 20 heavy (non-hydrogen) atoms. The van der Waals surface area contributed by atoms with Gasteiger partial charge in [0.1, 0.15) is 0 Å². The normalized spacial score (nSPS) is 22.1. The zero-order valence-corrected chi connectivity index (χ0v) is 13.4. The summed E-state index contributed by atoms with van der Waals surface area (Å²) in [6, 6.07) is 7.75. The van der Waals surface area contributed by atoms with E-state index in [1.54, 1.807) is 0 Å². The maximum absolute atomic E-state index is 6.05. The van der Waals surface area contributed by atoms with Gasteiger partial charge in [-0.05, 0) is 50.9 Å². The molecule has 1 aliphatic heterocycles. The molecular formula is C17H29N3. The molecule has 112 valence electrons. The highest BCUT2D eigenvalue weighted by molar-refractivity contribution is 5.55. The van der Waals surface area contributed by atoms with Gasteiger partial charge in [-0.15, -0.1) is 0 Å². The van der Waals surface area contributed by atoms with Crippen LogP contribution in [0.5, 0.6) is 0 Å². The molecule has 1 saturated heterocycles. The van der Waals surface area contributed by atoms with E-state index in [1.165, 1.54) is 16.8 Å². The molecule has 2 rings (SSSR count). The van der Waals surface area contributed by atoms with Crippen LogP contribution < -0.4 is 10.6 Å². The molecule has 0 amide bonds. The van der Waals surface area contributed by atoms with Gasteiger partial charge >= 0.3 is 0 Å². The quantitative estimate of drug-likeness (QED) is 0.916. The van der Waals surface area contributed by atoms with Crippen molar-refractivity contribution in [1.82, 2.24) is 4.90 Å². The summed E-state index contributed by atoms with van der Waals surface area (Å²) in [5.74, 6) is 0. The number of piperazine rings is 1. The molecule has 2 unspecified atom stereocenters. The Morgan fingerprint density at radius 1 is 1.35 bits per heavy atom. The third kappa shape index (κ3) is 3.53. The second-order valence-corrected chi connectivity index (χ2v) is 6.27. The van der Waals surface area contributed by atoms with Gasteiger partial charge in [0.25, 0.3) is 0 Å². The first-order valence-corrected chi connectivity index (χ1v) is 7.81. The van der Waals surface area contributed by atoms with Gasteiger partial charge in [0, 0.05) is 37.4 Å². The molecule has 3 heteroatoms. The Labute approximate surface area is 123 Å². The Bertz CT molecular complexity index is 444. The molecule has 1 aromatic rings. The van der Waals surface area contributed by atoms with Gasteiger partial charge in [-0.2, -0.15) is 0 Å². The molecule has 1 fully saturated rings. The van der Waals surface area contributed by atoms with Crippen molar-refractivity contribution in [3.8, 4) is 0 Å². The van der Waals surface area contributed by atoms with Crippen LogP contribution in [0.15, 0.2) is 18.2 Å². The second kappa shape index (κ2) is 6.59. The fourth-order valence-electron chi connectivity index (χ4n) is 2.91. The van der Waals surface area contributed by atoms with Crippen molar-refractivity contribution in [2.75, 3.05) is 31.6 Å². The Hall–Kier alpha value is -1.06. The number of likely N-dealkylation sites (N-methyl/N-ethyl adjacent to an activating group) is 1. The van der Waals surface area contributed by atoms with Crippen molar-refractivity contribution in [3.05, 3.63) is 29.3 Å². The van der Waals surface area contributed by atoms with E-state index >= 15 is 0 Å². The van der Waals surface area contributed by atoms with Gasteiger partial charge in [0.05, 0.1) is 0 Å². The molecule has 2 atom stereocenters. The van der Waals surface area contributed by atoms with E-state index in [-0.39, 0.29) is 6.04 Å². The van der Waals surface area contributed by atoms with Gasteiger partial charge in [0.2, 0.25) is 0 Å². The predicted molar refractivity (Wildman–Crippen MR) is 87.5 cm³/mol. The fraction of sp³-hybridized carbons (Fsp3) is 0.647. The lowest BCUT2D eigenvalue weighted by molar-refractivity contribution is 0.234. The van der Waals surface area contributed by atoms with Crippen LogP contribution in [0.3, 0.4) is 0 Å². The molecule has 0 radical (unpaired) electrons. The molecule has 0 aromatic heterocycles. The fourth-order valence-corrected chi connectivity index (χ4v) is 2.91. The maximum atomic E-state index is 6.05. The summed E-state index contributed by atoms with van der Waals surface area (Å²) >= 11 is 0. The van der Waals surface area contributed by atoms with Gasteiger partial charge in [-0.1, -0.05) is 19.1 Å². The minimum Gasteiger partial charge on any atom is -0.368 e. The molecule has 0 bridgehead atoms. The second-order valence-electron chi connectivity index (χ2n) is 6.27. The van der Waals surface area contributed by atoms with Gasteiger partial charge in [-0.3, -0.25) is 0 Å². The summed E-state index contributed by atoms with van der Waals surface area (Å²) in [7, 11) is 2.21. The largest absolute Gasteiger partial charge is 0.368 e. The van der Waals surface area contributed by atoms with E-state index in [1.807, 2.05) is 0 Å². The highest BCUT2D eigenvalue weighted by Crippen LogP contribution is 2.24. The average Bonchev–Trinajstić information content (AvgIpc) is 2.42. The van der Waals surface area contributed by atoms with Gasteiger partial charge in [-0.25, -0.2) is 0 Å². The van der Waals surface area contributed by atoms with Crippen LogP contribution >= 0.6 is 0 Å². The van der Waals surface area contributed by atoms with E-state index < -0.39 is 0 Å². The third-order valence-corrected chi connectivity index (χ3v) is 4.58. The Kier molecular flexibility index (Phi) is 5.06. The average molecular weight is 275 g/mol. The number of hydrogen-bond acceptors (Lipinski definition) is 3. The number of rotatable bonds is 4. The summed E-state index contributed by atoms with van der Waals surface area (Å²) in [5, 5.41) is 0. The topological polar surface area (TPSA) is 32.5 Å². The molecule has 2 N–H and O–H groups in total. The molecule has 0 spiro atoms. The van der Waals surface area contributed by atoms with Gasteiger partial charge < -0.3 is 15.5 Å². The zero-order valence-electron chi connectivity index (χ0n) is 13.4. The van der Waals surface area contributed by atoms with E-state index in [2.05, 4.69) is 55.8 Å². The monoisotopic (exact) mass is 275 g/mol. The molecule has 3 nitrogen and oxygen atoms in total. The van der Waals surface area contributed by atoms with E-state index in [4.69, 9.17) is 5.73 Å². The Morgan fingerprint density at radius 2 is 2.10 bits per heavy atom. The molecule has 1 aromatic carbocycles. The van der Waals surface area contributed by atoms with Crippen LogP contribution in [0.1, 0.15) is 31.4 Å². The lowest BCUT2D eigenvalue weighted by Gasteiger charge is -2.39.